The van der Waals surface area contributed by atoms with Gasteiger partial charge in [0.25, 0.3) is 0 Å². The molecule has 0 atom stereocenters. The smallest absolute Gasteiger partial charge is 0.148 e. The first-order valence-electron chi connectivity index (χ1n) is 7.11. The molecular weight excluding hydrogens is 304 g/mol. The third-order valence-electron chi connectivity index (χ3n) is 3.80. The van der Waals surface area contributed by atoms with Crippen LogP contribution in [-0.2, 0) is 4.74 Å². The molecule has 1 aliphatic rings. The Morgan fingerprint density at radius 3 is 2.86 bits per heavy atom. The van der Waals surface area contributed by atoms with Crippen LogP contribution < -0.4 is 10.6 Å². The molecule has 0 amide bonds. The number of aromatic nitrogens is 2. The number of thiazole rings is 1. The fraction of sp³-hybridized carbons (Fsp3) is 0.571. The summed E-state index contributed by atoms with van der Waals surface area (Å²) < 4.78 is 9.76. The molecule has 114 valence electrons. The van der Waals surface area contributed by atoms with Crippen LogP contribution >= 0.6 is 22.9 Å². The van der Waals surface area contributed by atoms with Crippen molar-refractivity contribution in [1.82, 2.24) is 9.36 Å². The van der Waals surface area contributed by atoms with Crippen molar-refractivity contribution in [3.8, 4) is 11.3 Å². The Kier molecular flexibility index (Phi) is 4.42. The quantitative estimate of drug-likeness (QED) is 0.936. The first-order valence-corrected chi connectivity index (χ1v) is 8.77. The molecule has 5 nitrogen and oxygen atoms in total. The molecule has 21 heavy (non-hydrogen) atoms. The molecule has 0 unspecified atom stereocenters. The molecule has 0 aromatic carbocycles. The van der Waals surface area contributed by atoms with Crippen LogP contribution in [-0.4, -0.2) is 36.2 Å². The van der Waals surface area contributed by atoms with Gasteiger partial charge < -0.3 is 15.4 Å². The van der Waals surface area contributed by atoms with E-state index in [-0.39, 0.29) is 0 Å². The first-order chi connectivity index (χ1) is 10.1. The van der Waals surface area contributed by atoms with Crippen molar-refractivity contribution in [2.75, 3.05) is 37.4 Å². The molecule has 7 heteroatoms. The van der Waals surface area contributed by atoms with Gasteiger partial charge in [-0.25, -0.2) is 4.98 Å². The lowest BCUT2D eigenvalue weighted by molar-refractivity contribution is 0.0685. The van der Waals surface area contributed by atoms with E-state index in [9.17, 15) is 0 Å². The van der Waals surface area contributed by atoms with Gasteiger partial charge in [0.2, 0.25) is 0 Å². The first kappa shape index (κ1) is 14.7. The van der Waals surface area contributed by atoms with Crippen LogP contribution in [0, 0.1) is 12.8 Å². The van der Waals surface area contributed by atoms with Crippen molar-refractivity contribution >= 4 is 33.7 Å². The zero-order valence-electron chi connectivity index (χ0n) is 12.3. The Morgan fingerprint density at radius 1 is 1.43 bits per heavy atom. The second kappa shape index (κ2) is 6.29. The minimum atomic E-state index is 0.583. The number of nitrogens with two attached hydrogens (primary N) is 1. The van der Waals surface area contributed by atoms with Crippen LogP contribution in [0.25, 0.3) is 11.3 Å². The number of hydrogen-bond acceptors (Lipinski definition) is 7. The van der Waals surface area contributed by atoms with Gasteiger partial charge in [-0.05, 0) is 37.2 Å². The van der Waals surface area contributed by atoms with E-state index < -0.39 is 0 Å². The van der Waals surface area contributed by atoms with E-state index in [1.165, 1.54) is 11.5 Å². The van der Waals surface area contributed by atoms with Gasteiger partial charge in [-0.1, -0.05) is 0 Å². The highest BCUT2D eigenvalue weighted by Crippen LogP contribution is 2.39. The molecule has 3 heterocycles. The Bertz CT molecular complexity index is 604. The molecule has 3 rings (SSSR count). The van der Waals surface area contributed by atoms with E-state index in [1.54, 1.807) is 11.3 Å². The van der Waals surface area contributed by atoms with Gasteiger partial charge >= 0.3 is 0 Å². The predicted molar refractivity (Wildman–Crippen MR) is 89.2 cm³/mol. The molecule has 1 aliphatic heterocycles. The molecule has 2 aromatic rings. The van der Waals surface area contributed by atoms with Crippen LogP contribution in [0.3, 0.4) is 0 Å². The van der Waals surface area contributed by atoms with Crippen LogP contribution in [0.2, 0.25) is 0 Å². The summed E-state index contributed by atoms with van der Waals surface area (Å²) in [6.07, 6.45) is 2.26. The van der Waals surface area contributed by atoms with Crippen LogP contribution in [0.5, 0.6) is 0 Å². The third kappa shape index (κ3) is 3.20. The van der Waals surface area contributed by atoms with E-state index in [2.05, 4.69) is 26.7 Å². The van der Waals surface area contributed by atoms with Gasteiger partial charge in [0.15, 0.2) is 0 Å². The molecule has 0 bridgehead atoms. The van der Waals surface area contributed by atoms with Crippen molar-refractivity contribution in [1.29, 1.82) is 0 Å². The van der Waals surface area contributed by atoms with Crippen molar-refractivity contribution in [3.63, 3.8) is 0 Å². The average Bonchev–Trinajstić information content (AvgIpc) is 3.05. The second-order valence-corrected chi connectivity index (χ2v) is 7.25. The lowest BCUT2D eigenvalue weighted by Crippen LogP contribution is -2.29. The number of hydrogen-bond donors (Lipinski definition) is 1. The van der Waals surface area contributed by atoms with E-state index in [4.69, 9.17) is 10.5 Å². The average molecular weight is 324 g/mol. The summed E-state index contributed by atoms with van der Waals surface area (Å²) in [5.74, 6) is 1.26. The largest absolute Gasteiger partial charge is 0.382 e. The normalized spacial score (nSPS) is 16.3. The number of rotatable bonds is 4. The summed E-state index contributed by atoms with van der Waals surface area (Å²) in [5, 5.41) is 4.22. The van der Waals surface area contributed by atoms with Gasteiger partial charge in [0.1, 0.15) is 10.8 Å². The van der Waals surface area contributed by atoms with Crippen LogP contribution in [0.15, 0.2) is 5.38 Å². The highest BCUT2D eigenvalue weighted by molar-refractivity contribution is 7.11. The molecule has 1 saturated heterocycles. The zero-order chi connectivity index (χ0) is 14.8. The molecule has 0 saturated carbocycles. The minimum Gasteiger partial charge on any atom is -0.382 e. The van der Waals surface area contributed by atoms with Crippen LogP contribution in [0.1, 0.15) is 17.8 Å². The van der Waals surface area contributed by atoms with Gasteiger partial charge in [0, 0.05) is 32.2 Å². The van der Waals surface area contributed by atoms with E-state index in [1.807, 2.05) is 6.92 Å². The van der Waals surface area contributed by atoms with Crippen molar-refractivity contribution in [3.05, 3.63) is 10.4 Å². The molecule has 0 spiro atoms. The van der Waals surface area contributed by atoms with Crippen molar-refractivity contribution in [2.45, 2.75) is 19.8 Å². The van der Waals surface area contributed by atoms with Gasteiger partial charge in [-0.2, -0.15) is 4.37 Å². The van der Waals surface area contributed by atoms with E-state index in [0.717, 1.165) is 53.9 Å². The summed E-state index contributed by atoms with van der Waals surface area (Å²) in [7, 11) is 2.12. The number of anilines is 2. The molecule has 2 N–H and O–H groups in total. The lowest BCUT2D eigenvalue weighted by atomic mass is 10.00. The highest BCUT2D eigenvalue weighted by Gasteiger charge is 2.22. The van der Waals surface area contributed by atoms with E-state index in [0.29, 0.717) is 11.7 Å². The number of aryl methyl sites for hydroxylation is 1. The molecular formula is C14H20N4OS2. The Hall–Kier alpha value is -1.18. The lowest BCUT2D eigenvalue weighted by Gasteiger charge is -2.27. The third-order valence-corrected chi connectivity index (χ3v) is 5.55. The number of ether oxygens (including phenoxy) is 1. The fourth-order valence-electron chi connectivity index (χ4n) is 2.67. The maximum absolute atomic E-state index is 6.07. The topological polar surface area (TPSA) is 64.3 Å². The Morgan fingerprint density at radius 2 is 2.19 bits per heavy atom. The van der Waals surface area contributed by atoms with Crippen molar-refractivity contribution in [2.24, 2.45) is 5.92 Å². The van der Waals surface area contributed by atoms with Crippen LogP contribution in [0.4, 0.5) is 10.8 Å². The maximum atomic E-state index is 6.07. The predicted octanol–water partition coefficient (Wildman–Crippen LogP) is 3.02. The Labute approximate surface area is 132 Å². The second-order valence-electron chi connectivity index (χ2n) is 5.44. The minimum absolute atomic E-state index is 0.583. The van der Waals surface area contributed by atoms with Crippen molar-refractivity contribution < 1.29 is 4.74 Å². The van der Waals surface area contributed by atoms with Gasteiger partial charge in [-0.15, -0.1) is 11.3 Å². The summed E-state index contributed by atoms with van der Waals surface area (Å²) in [4.78, 5) is 6.83. The summed E-state index contributed by atoms with van der Waals surface area (Å²) in [6, 6.07) is 0. The standard InChI is InChI=1S/C14H20N4OS2/c1-9-16-11(8-20-9)12-13(15)17-21-14(12)18(2)7-10-3-5-19-6-4-10/h8,10H,3-7H2,1-2H3,(H2,15,17). The monoisotopic (exact) mass is 324 g/mol. The maximum Gasteiger partial charge on any atom is 0.148 e. The molecule has 2 aromatic heterocycles. The highest BCUT2D eigenvalue weighted by atomic mass is 32.1. The zero-order valence-corrected chi connectivity index (χ0v) is 14.0. The van der Waals surface area contributed by atoms with Gasteiger partial charge in [0.05, 0.1) is 16.3 Å². The van der Waals surface area contributed by atoms with E-state index >= 15 is 0 Å². The molecule has 0 radical (unpaired) electrons. The molecule has 1 fully saturated rings. The SMILES string of the molecule is Cc1nc(-c2c(N)nsc2N(C)CC2CCOCC2)cs1. The Balaban J connectivity index is 1.81. The molecule has 0 aliphatic carbocycles. The number of nitrogen functional groups attached to an aromatic ring is 1. The number of nitrogens with zero attached hydrogens (tertiary/aromatic N) is 3. The fourth-order valence-corrected chi connectivity index (χ4v) is 4.07. The summed E-state index contributed by atoms with van der Waals surface area (Å²) in [5.41, 5.74) is 8.00. The van der Waals surface area contributed by atoms with Gasteiger partial charge in [-0.3, -0.25) is 0 Å². The summed E-state index contributed by atoms with van der Waals surface area (Å²) in [6.45, 7) is 4.78. The summed E-state index contributed by atoms with van der Waals surface area (Å²) >= 11 is 3.10.